The lowest BCUT2D eigenvalue weighted by molar-refractivity contribution is -0.135. The third kappa shape index (κ3) is 4.68. The predicted molar refractivity (Wildman–Crippen MR) is 117 cm³/mol. The van der Waals surface area contributed by atoms with Gasteiger partial charge in [-0.25, -0.2) is 9.97 Å². The van der Waals surface area contributed by atoms with Gasteiger partial charge in [-0.2, -0.15) is 0 Å². The molecule has 0 unspecified atom stereocenters. The molecule has 2 N–H and O–H groups in total. The molecule has 1 aromatic heterocycles. The van der Waals surface area contributed by atoms with Gasteiger partial charge >= 0.3 is 0 Å². The Labute approximate surface area is 180 Å². The second-order valence-corrected chi connectivity index (χ2v) is 7.64. The van der Waals surface area contributed by atoms with E-state index in [9.17, 15) is 9.90 Å². The Hall–Kier alpha value is -2.77. The maximum atomic E-state index is 11.8. The number of aliphatic hydroxyl groups excluding tert-OH is 1. The highest BCUT2D eigenvalue weighted by Gasteiger charge is 2.27. The average molecular weight is 429 g/mol. The van der Waals surface area contributed by atoms with Crippen LogP contribution in [0.5, 0.6) is 5.75 Å². The molecule has 30 heavy (non-hydrogen) atoms. The van der Waals surface area contributed by atoms with Crippen LogP contribution < -0.4 is 0 Å². The van der Waals surface area contributed by atoms with Crippen molar-refractivity contribution in [2.24, 2.45) is 10.9 Å². The molecule has 0 bridgehead atoms. The topological polar surface area (TPSA) is 98.9 Å². The van der Waals surface area contributed by atoms with E-state index < -0.39 is 6.61 Å². The molecule has 0 spiro atoms. The molecule has 0 aliphatic carbocycles. The smallest absolute Gasteiger partial charge is 0.248 e. The molecule has 1 saturated heterocycles. The number of aliphatic imine (C=N–C) groups is 1. The van der Waals surface area contributed by atoms with Crippen molar-refractivity contribution in [1.82, 2.24) is 14.9 Å². The minimum atomic E-state index is -0.464. The molecular formula is C22H25ClN4O3. The lowest BCUT2D eigenvalue weighted by Crippen LogP contribution is -2.40. The van der Waals surface area contributed by atoms with Gasteiger partial charge in [0.2, 0.25) is 5.91 Å². The quantitative estimate of drug-likeness (QED) is 0.713. The van der Waals surface area contributed by atoms with Gasteiger partial charge in [-0.1, -0.05) is 17.2 Å². The van der Waals surface area contributed by atoms with Crippen LogP contribution in [0.25, 0.3) is 5.57 Å². The third-order valence-corrected chi connectivity index (χ3v) is 5.74. The van der Waals surface area contributed by atoms with E-state index in [-0.39, 0.29) is 17.6 Å². The number of amides is 1. The number of halogens is 1. The summed E-state index contributed by atoms with van der Waals surface area (Å²) in [7, 11) is 1.68. The van der Waals surface area contributed by atoms with Crippen molar-refractivity contribution in [1.29, 1.82) is 0 Å². The summed E-state index contributed by atoms with van der Waals surface area (Å²) in [6.07, 6.45) is 4.71. The molecule has 3 rings (SSSR count). The molecule has 7 nitrogen and oxygen atoms in total. The number of phenolic OH excluding ortho intramolecular Hbond substituents is 1. The van der Waals surface area contributed by atoms with Gasteiger partial charge in [-0.15, -0.1) is 0 Å². The van der Waals surface area contributed by atoms with Crippen molar-refractivity contribution < 1.29 is 15.0 Å². The summed E-state index contributed by atoms with van der Waals surface area (Å²) in [6.45, 7) is 2.75. The van der Waals surface area contributed by atoms with Crippen molar-refractivity contribution in [3.05, 3.63) is 58.6 Å². The Morgan fingerprint density at radius 3 is 2.60 bits per heavy atom. The fraction of sp³-hybridized carbons (Fsp3) is 0.364. The largest absolute Gasteiger partial charge is 0.507 e. The number of benzene rings is 1. The summed E-state index contributed by atoms with van der Waals surface area (Å²) in [6, 6.07) is 6.78. The van der Waals surface area contributed by atoms with E-state index in [4.69, 9.17) is 16.7 Å². The number of likely N-dealkylation sites (tertiary alicyclic amines) is 1. The maximum Gasteiger partial charge on any atom is 0.248 e. The minimum absolute atomic E-state index is 0.0471. The standard InChI is InChI=1S/C22H25ClN4O3/c1-14(15-6-9-27(10-7-15)20(30)12-28)21(18-5-8-25-13-26-18)22(24-2)17-4-3-16(23)11-19(17)29/h3-5,8,11,13,15,28-29H,6-7,9-10,12H2,1-2H3/b21-14+,24-22?. The Kier molecular flexibility index (Phi) is 7.18. The zero-order valence-corrected chi connectivity index (χ0v) is 17.8. The summed E-state index contributed by atoms with van der Waals surface area (Å²) in [5, 5.41) is 20.1. The number of carbonyl (C=O) groups excluding carboxylic acids is 1. The van der Waals surface area contributed by atoms with E-state index >= 15 is 0 Å². The van der Waals surface area contributed by atoms with Crippen LogP contribution >= 0.6 is 11.6 Å². The predicted octanol–water partition coefficient (Wildman–Crippen LogP) is 2.96. The van der Waals surface area contributed by atoms with Crippen LogP contribution in [0.15, 0.2) is 47.4 Å². The molecule has 1 aliphatic rings. The zero-order chi connectivity index (χ0) is 21.7. The first-order chi connectivity index (χ1) is 14.5. The number of nitrogens with zero attached hydrogens (tertiary/aromatic N) is 4. The number of rotatable bonds is 5. The van der Waals surface area contributed by atoms with Crippen molar-refractivity contribution in [3.63, 3.8) is 0 Å². The van der Waals surface area contributed by atoms with Gasteiger partial charge in [0.25, 0.3) is 0 Å². The van der Waals surface area contributed by atoms with Crippen LogP contribution in [0.1, 0.15) is 31.0 Å². The summed E-state index contributed by atoms with van der Waals surface area (Å²) in [5.74, 6) is 0.0164. The van der Waals surface area contributed by atoms with Crippen LogP contribution in [-0.2, 0) is 4.79 Å². The second kappa shape index (κ2) is 9.82. The van der Waals surface area contributed by atoms with Crippen molar-refractivity contribution >= 4 is 28.8 Å². The fourth-order valence-electron chi connectivity index (χ4n) is 3.89. The molecule has 0 atom stereocenters. The van der Waals surface area contributed by atoms with Crippen LogP contribution in [0.3, 0.4) is 0 Å². The lowest BCUT2D eigenvalue weighted by atomic mass is 9.83. The highest BCUT2D eigenvalue weighted by molar-refractivity contribution is 6.34. The fourth-order valence-corrected chi connectivity index (χ4v) is 4.05. The second-order valence-electron chi connectivity index (χ2n) is 7.20. The van der Waals surface area contributed by atoms with E-state index in [1.165, 1.54) is 12.4 Å². The number of aromatic nitrogens is 2. The van der Waals surface area contributed by atoms with Gasteiger partial charge in [0, 0.05) is 42.5 Å². The third-order valence-electron chi connectivity index (χ3n) is 5.50. The lowest BCUT2D eigenvalue weighted by Gasteiger charge is -2.33. The number of phenols is 1. The molecule has 2 aromatic rings. The monoisotopic (exact) mass is 428 g/mol. The minimum Gasteiger partial charge on any atom is -0.507 e. The van der Waals surface area contributed by atoms with Crippen LogP contribution in [0.4, 0.5) is 0 Å². The highest BCUT2D eigenvalue weighted by atomic mass is 35.5. The van der Waals surface area contributed by atoms with Crippen LogP contribution in [0, 0.1) is 5.92 Å². The molecule has 1 aliphatic heterocycles. The molecule has 0 radical (unpaired) electrons. The van der Waals surface area contributed by atoms with Crippen molar-refractivity contribution in [3.8, 4) is 5.75 Å². The molecule has 1 aromatic carbocycles. The van der Waals surface area contributed by atoms with Gasteiger partial charge in [-0.05, 0) is 49.9 Å². The Bertz CT molecular complexity index is 968. The normalized spacial score (nSPS) is 16.4. The number of hydrogen-bond acceptors (Lipinski definition) is 6. The first-order valence-electron chi connectivity index (χ1n) is 9.78. The number of aliphatic hydroxyl groups is 1. The van der Waals surface area contributed by atoms with E-state index in [1.807, 2.05) is 13.0 Å². The first kappa shape index (κ1) is 21.9. The van der Waals surface area contributed by atoms with E-state index in [0.29, 0.717) is 35.1 Å². The SMILES string of the molecule is CN=C(/C(=C(\C)C1CCN(C(=O)CO)CC1)c1ccncn1)c1ccc(Cl)cc1O. The van der Waals surface area contributed by atoms with Gasteiger partial charge in [0.1, 0.15) is 18.7 Å². The van der Waals surface area contributed by atoms with E-state index in [0.717, 1.165) is 24.0 Å². The van der Waals surface area contributed by atoms with E-state index in [1.54, 1.807) is 30.3 Å². The van der Waals surface area contributed by atoms with Gasteiger partial charge < -0.3 is 15.1 Å². The Morgan fingerprint density at radius 1 is 1.30 bits per heavy atom. The number of piperidine rings is 1. The molecule has 2 heterocycles. The summed E-state index contributed by atoms with van der Waals surface area (Å²) in [4.78, 5) is 26.4. The van der Waals surface area contributed by atoms with Crippen LogP contribution in [-0.4, -0.2) is 63.4 Å². The molecule has 1 amide bonds. The number of allylic oxidation sites excluding steroid dienone is 2. The Balaban J connectivity index is 2.04. The molecule has 8 heteroatoms. The molecule has 158 valence electrons. The highest BCUT2D eigenvalue weighted by Crippen LogP contribution is 2.34. The van der Waals surface area contributed by atoms with Crippen molar-refractivity contribution in [2.45, 2.75) is 19.8 Å². The van der Waals surface area contributed by atoms with Crippen LogP contribution in [0.2, 0.25) is 5.02 Å². The van der Waals surface area contributed by atoms with Crippen molar-refractivity contribution in [2.75, 3.05) is 26.7 Å². The molecule has 0 saturated carbocycles. The average Bonchev–Trinajstić information content (AvgIpc) is 2.77. The van der Waals surface area contributed by atoms with E-state index in [2.05, 4.69) is 15.0 Å². The number of carbonyl (C=O) groups is 1. The van der Waals surface area contributed by atoms with Gasteiger partial charge in [0.15, 0.2) is 0 Å². The van der Waals surface area contributed by atoms with Gasteiger partial charge in [-0.3, -0.25) is 9.79 Å². The molecular weight excluding hydrogens is 404 g/mol. The number of hydrogen-bond donors (Lipinski definition) is 2. The zero-order valence-electron chi connectivity index (χ0n) is 17.0. The molecule has 1 fully saturated rings. The Morgan fingerprint density at radius 2 is 2.03 bits per heavy atom. The summed E-state index contributed by atoms with van der Waals surface area (Å²) in [5.41, 5.74) is 3.83. The summed E-state index contributed by atoms with van der Waals surface area (Å²) >= 11 is 6.01. The maximum absolute atomic E-state index is 11.8. The number of aromatic hydroxyl groups is 1. The van der Waals surface area contributed by atoms with Gasteiger partial charge in [0.05, 0.1) is 11.4 Å². The summed E-state index contributed by atoms with van der Waals surface area (Å²) < 4.78 is 0. The first-order valence-corrected chi connectivity index (χ1v) is 10.2.